The monoisotopic (exact) mass is 869 g/mol. The minimum atomic E-state index is -0.891. The van der Waals surface area contributed by atoms with Gasteiger partial charge in [-0.1, -0.05) is 60.7 Å². The number of rotatable bonds is 20. The topological polar surface area (TPSA) is 167 Å². The number of aromatic nitrogens is 1. The number of phenols is 1. The number of phenolic OH excluding ortho intramolecular Hbond substituents is 1. The number of nitrogens with zero attached hydrogens (tertiary/aromatic N) is 1. The molecule has 3 aliphatic rings. The van der Waals surface area contributed by atoms with E-state index in [0.717, 1.165) is 59.7 Å². The zero-order valence-electron chi connectivity index (χ0n) is 36.4. The van der Waals surface area contributed by atoms with Crippen molar-refractivity contribution in [3.05, 3.63) is 159 Å². The van der Waals surface area contributed by atoms with Gasteiger partial charge in [-0.2, -0.15) is 0 Å². The molecule has 4 aromatic carbocycles. The molecule has 0 radical (unpaired) electrons. The summed E-state index contributed by atoms with van der Waals surface area (Å²) in [5.41, 5.74) is 6.17. The first-order valence-corrected chi connectivity index (χ1v) is 22.3. The molecule has 13 heteroatoms. The Morgan fingerprint density at radius 2 is 1.86 bits per heavy atom. The normalized spacial score (nSPS) is 19.2. The van der Waals surface area contributed by atoms with Crippen molar-refractivity contribution >= 4 is 16.8 Å². The third kappa shape index (κ3) is 11.7. The number of piperidine rings is 2. The number of ether oxygens (including phenoxy) is 4. The van der Waals surface area contributed by atoms with Gasteiger partial charge in [-0.25, -0.2) is 0 Å². The Kier molecular flexibility index (Phi) is 15.2. The van der Waals surface area contributed by atoms with Crippen molar-refractivity contribution < 1.29 is 34.0 Å². The van der Waals surface area contributed by atoms with E-state index in [1.807, 2.05) is 42.5 Å². The van der Waals surface area contributed by atoms with E-state index in [4.69, 9.17) is 18.9 Å². The largest absolute Gasteiger partial charge is 0.506 e. The molecule has 3 heterocycles. The van der Waals surface area contributed by atoms with Crippen LogP contribution >= 0.6 is 0 Å². The highest BCUT2D eigenvalue weighted by Gasteiger charge is 2.30. The molecule has 2 saturated heterocycles. The molecule has 336 valence electrons. The van der Waals surface area contributed by atoms with Crippen LogP contribution in [0.15, 0.2) is 120 Å². The summed E-state index contributed by atoms with van der Waals surface area (Å²) in [6.07, 6.45) is 11.6. The van der Waals surface area contributed by atoms with E-state index in [9.17, 15) is 19.8 Å². The predicted molar refractivity (Wildman–Crippen MR) is 246 cm³/mol. The van der Waals surface area contributed by atoms with E-state index in [-0.39, 0.29) is 48.2 Å². The van der Waals surface area contributed by atoms with Crippen LogP contribution in [0.3, 0.4) is 0 Å². The number of carbonyl (C=O) groups excluding carboxylic acids is 1. The van der Waals surface area contributed by atoms with Gasteiger partial charge in [0.2, 0.25) is 5.56 Å². The lowest BCUT2D eigenvalue weighted by Gasteiger charge is -2.41. The molecular formula is C51H59N5O8. The van der Waals surface area contributed by atoms with E-state index in [1.165, 1.54) is 43.6 Å². The number of fused-ring (bicyclic) bond motifs is 3. The summed E-state index contributed by atoms with van der Waals surface area (Å²) in [6.45, 7) is 5.34. The number of methoxy groups -OCH3 is 1. The van der Waals surface area contributed by atoms with Gasteiger partial charge < -0.3 is 49.7 Å². The fourth-order valence-corrected chi connectivity index (χ4v) is 9.05. The molecular weight excluding hydrogens is 811 g/mol. The molecule has 0 saturated carbocycles. The fraction of sp³-hybridized carbons (Fsp3) is 0.373. The second-order valence-electron chi connectivity index (χ2n) is 16.9. The highest BCUT2D eigenvalue weighted by Crippen LogP contribution is 2.32. The van der Waals surface area contributed by atoms with Gasteiger partial charge in [-0.3, -0.25) is 14.9 Å². The standard InChI is InChI=1S/C51H59N5O8/c1-61-47-24-35(14-17-40(47)27-52-28-46(58)43-18-20-45(57)50-44(43)19-21-48(59)55-50)26-53-51(60)38-15-12-34(13-16-38)31-63-41-11-5-10-39(25-41)49(37-8-3-2-4-9-37)54-32-62-33-64-42-23-36-7-6-22-56(29-36)30-42/h2-3,5,8,10-21,24-25,36,42,46,49,52,54,57-58H,4,6-7,9,22-23,26-33H2,1H3,(H,53,60)(H,55,59)/t36?,42-,46+,49+/m1/s1. The van der Waals surface area contributed by atoms with Gasteiger partial charge in [0.25, 0.3) is 5.91 Å². The number of carbonyl (C=O) groups is 1. The van der Waals surface area contributed by atoms with Gasteiger partial charge in [0.15, 0.2) is 0 Å². The van der Waals surface area contributed by atoms with Gasteiger partial charge in [-0.15, -0.1) is 0 Å². The van der Waals surface area contributed by atoms with Gasteiger partial charge in [0.05, 0.1) is 30.9 Å². The third-order valence-corrected chi connectivity index (χ3v) is 12.4. The van der Waals surface area contributed by atoms with Crippen molar-refractivity contribution in [3.8, 4) is 17.2 Å². The van der Waals surface area contributed by atoms with Crippen LogP contribution < -0.4 is 31.0 Å². The first kappa shape index (κ1) is 44.8. The Morgan fingerprint density at radius 1 is 0.984 bits per heavy atom. The lowest BCUT2D eigenvalue weighted by Crippen LogP contribution is -2.47. The molecule has 1 aromatic heterocycles. The second-order valence-corrected chi connectivity index (χ2v) is 16.9. The van der Waals surface area contributed by atoms with Crippen LogP contribution in [-0.4, -0.2) is 78.9 Å². The molecule has 13 nitrogen and oxygen atoms in total. The Morgan fingerprint density at radius 3 is 2.69 bits per heavy atom. The van der Waals surface area contributed by atoms with Crippen LogP contribution in [0.1, 0.15) is 82.4 Å². The molecule has 6 N–H and O–H groups in total. The van der Waals surface area contributed by atoms with Crippen molar-refractivity contribution in [2.45, 2.75) is 70.1 Å². The van der Waals surface area contributed by atoms with Gasteiger partial charge >= 0.3 is 0 Å². The lowest BCUT2D eigenvalue weighted by molar-refractivity contribution is -0.122. The maximum absolute atomic E-state index is 13.2. The van der Waals surface area contributed by atoms with Crippen LogP contribution in [0.2, 0.25) is 0 Å². The van der Waals surface area contributed by atoms with E-state index < -0.39 is 6.10 Å². The molecule has 2 unspecified atom stereocenters. The number of pyridine rings is 1. The maximum atomic E-state index is 13.2. The molecule has 2 aliphatic heterocycles. The number of hydrogen-bond donors (Lipinski definition) is 6. The summed E-state index contributed by atoms with van der Waals surface area (Å²) in [6, 6.07) is 27.4. The van der Waals surface area contributed by atoms with Gasteiger partial charge in [0.1, 0.15) is 37.4 Å². The first-order valence-electron chi connectivity index (χ1n) is 22.3. The third-order valence-electron chi connectivity index (χ3n) is 12.4. The van der Waals surface area contributed by atoms with E-state index in [0.29, 0.717) is 48.7 Å². The van der Waals surface area contributed by atoms with Gasteiger partial charge in [-0.05, 0) is 115 Å². The van der Waals surface area contributed by atoms with Crippen molar-refractivity contribution in [2.75, 3.05) is 46.8 Å². The number of allylic oxidation sites excluding steroid dienone is 3. The van der Waals surface area contributed by atoms with E-state index in [1.54, 1.807) is 31.4 Å². The fourth-order valence-electron chi connectivity index (χ4n) is 9.05. The number of nitrogens with one attached hydrogen (secondary N) is 4. The average molecular weight is 870 g/mol. The smallest absolute Gasteiger partial charge is 0.251 e. The highest BCUT2D eigenvalue weighted by molar-refractivity contribution is 5.94. The van der Waals surface area contributed by atoms with E-state index in [2.05, 4.69) is 56.2 Å². The number of aromatic amines is 1. The Bertz CT molecular complexity index is 2470. The molecule has 5 aromatic rings. The highest BCUT2D eigenvalue weighted by atomic mass is 16.7. The van der Waals surface area contributed by atoms with Crippen molar-refractivity contribution in [3.63, 3.8) is 0 Å². The van der Waals surface area contributed by atoms with E-state index >= 15 is 0 Å². The second kappa shape index (κ2) is 21.7. The van der Waals surface area contributed by atoms with Crippen LogP contribution in [0.4, 0.5) is 0 Å². The lowest BCUT2D eigenvalue weighted by atomic mass is 9.88. The van der Waals surface area contributed by atoms with Crippen molar-refractivity contribution in [1.82, 2.24) is 25.8 Å². The summed E-state index contributed by atoms with van der Waals surface area (Å²) in [5, 5.41) is 31.6. The number of H-pyrrole nitrogens is 1. The maximum Gasteiger partial charge on any atom is 0.251 e. The minimum absolute atomic E-state index is 0.0243. The summed E-state index contributed by atoms with van der Waals surface area (Å²) in [7, 11) is 1.59. The Balaban J connectivity index is 0.791. The summed E-state index contributed by atoms with van der Waals surface area (Å²) < 4.78 is 24.0. The van der Waals surface area contributed by atoms with Crippen LogP contribution in [0.25, 0.3) is 10.9 Å². The predicted octanol–water partition coefficient (Wildman–Crippen LogP) is 6.91. The number of aliphatic hydroxyl groups excluding tert-OH is 1. The molecule has 64 heavy (non-hydrogen) atoms. The van der Waals surface area contributed by atoms with Crippen LogP contribution in [0, 0.1) is 5.92 Å². The minimum Gasteiger partial charge on any atom is -0.506 e. The van der Waals surface area contributed by atoms with Gasteiger partial charge in [0, 0.05) is 55.3 Å². The Hall–Kier alpha value is -5.80. The molecule has 1 amide bonds. The zero-order chi connectivity index (χ0) is 44.3. The van der Waals surface area contributed by atoms with Crippen LogP contribution in [-0.2, 0) is 29.2 Å². The molecule has 2 bridgehead atoms. The number of hydrogen-bond acceptors (Lipinski definition) is 11. The molecule has 1 aliphatic carbocycles. The quantitative estimate of drug-likeness (QED) is 0.0356. The molecule has 2 fully saturated rings. The van der Waals surface area contributed by atoms with Crippen LogP contribution in [0.5, 0.6) is 17.2 Å². The number of benzene rings is 4. The summed E-state index contributed by atoms with van der Waals surface area (Å²) in [4.78, 5) is 30.1. The molecule has 8 rings (SSSR count). The average Bonchev–Trinajstić information content (AvgIpc) is 3.32. The number of aromatic hydroxyl groups is 1. The Labute approximate surface area is 374 Å². The first-order chi connectivity index (χ1) is 31.3. The number of amides is 1. The van der Waals surface area contributed by atoms with Crippen molar-refractivity contribution in [1.29, 1.82) is 0 Å². The number of aliphatic hydroxyl groups is 1. The zero-order valence-corrected chi connectivity index (χ0v) is 36.4. The molecule has 0 spiro atoms. The SMILES string of the molecule is COc1cc(CNC(=O)c2ccc(COc3cccc([C@@H](NCOCO[C@@H]4CC5CCCN(C5)C4)C4=CC=CCC4)c3)cc2)ccc1CNC[C@H](O)c1ccc(O)c2[nH]c(=O)ccc12. The molecule has 5 atom stereocenters. The summed E-state index contributed by atoms with van der Waals surface area (Å²) >= 11 is 0. The van der Waals surface area contributed by atoms with Crippen molar-refractivity contribution in [2.24, 2.45) is 5.92 Å². The summed E-state index contributed by atoms with van der Waals surface area (Å²) in [5.74, 6) is 1.91.